The highest BCUT2D eigenvalue weighted by molar-refractivity contribution is 5.22. The Hall–Kier alpha value is -1.78. The van der Waals surface area contributed by atoms with Gasteiger partial charge in [0.05, 0.1) is 0 Å². The first kappa shape index (κ1) is 5.96. The van der Waals surface area contributed by atoms with Crippen LogP contribution in [0.5, 0.6) is 0 Å². The van der Waals surface area contributed by atoms with Gasteiger partial charge >= 0.3 is 0 Å². The van der Waals surface area contributed by atoms with Crippen molar-refractivity contribution >= 4 is 0 Å². The zero-order valence-corrected chi connectivity index (χ0v) is 5.61. The highest BCUT2D eigenvalue weighted by atomic mass is 16.1. The Bertz CT molecular complexity index is 383. The van der Waals surface area contributed by atoms with Crippen molar-refractivity contribution in [1.29, 1.82) is 0 Å². The maximum atomic E-state index is 11.0. The summed E-state index contributed by atoms with van der Waals surface area (Å²) in [6.07, 6.45) is 4.89. The minimum absolute atomic E-state index is 0.172. The second-order valence-corrected chi connectivity index (χ2v) is 2.08. The molecule has 0 spiro atoms. The van der Waals surface area contributed by atoms with Gasteiger partial charge in [-0.25, -0.2) is 4.68 Å². The molecule has 2 heterocycles. The molecule has 0 amide bonds. The van der Waals surface area contributed by atoms with E-state index in [4.69, 9.17) is 0 Å². The Kier molecular flexibility index (Phi) is 1.15. The highest BCUT2D eigenvalue weighted by Crippen LogP contribution is 1.94. The van der Waals surface area contributed by atoms with Gasteiger partial charge in [0.1, 0.15) is 5.69 Å². The van der Waals surface area contributed by atoms with E-state index in [2.05, 4.69) is 15.3 Å². The molecule has 0 aliphatic rings. The molecule has 0 saturated carbocycles. The van der Waals surface area contributed by atoms with E-state index in [1.807, 2.05) is 0 Å². The van der Waals surface area contributed by atoms with Crippen LogP contribution < -0.4 is 5.56 Å². The number of aromatic amines is 2. The van der Waals surface area contributed by atoms with Crippen molar-refractivity contribution in [2.24, 2.45) is 0 Å². The van der Waals surface area contributed by atoms with E-state index in [9.17, 15) is 4.79 Å². The van der Waals surface area contributed by atoms with Crippen molar-refractivity contribution in [3.8, 4) is 5.69 Å². The summed E-state index contributed by atoms with van der Waals surface area (Å²) in [6.45, 7) is 0. The standard InChI is InChI=1S/C6H6N4O/c11-6-5(4-7-9-6)10-3-1-2-8-10/h1-4H,(H2,7,9,11). The second kappa shape index (κ2) is 2.12. The highest BCUT2D eigenvalue weighted by Gasteiger charge is 2.00. The second-order valence-electron chi connectivity index (χ2n) is 2.08. The van der Waals surface area contributed by atoms with E-state index in [1.54, 1.807) is 24.7 Å². The summed E-state index contributed by atoms with van der Waals surface area (Å²) < 4.78 is 1.50. The van der Waals surface area contributed by atoms with Crippen molar-refractivity contribution in [3.05, 3.63) is 35.0 Å². The minimum atomic E-state index is -0.172. The molecule has 0 bridgehead atoms. The van der Waals surface area contributed by atoms with Crippen molar-refractivity contribution in [2.75, 3.05) is 0 Å². The van der Waals surface area contributed by atoms with Gasteiger partial charge < -0.3 is 5.10 Å². The van der Waals surface area contributed by atoms with Crippen LogP contribution in [0.3, 0.4) is 0 Å². The summed E-state index contributed by atoms with van der Waals surface area (Å²) in [5, 5.41) is 8.90. The lowest BCUT2D eigenvalue weighted by molar-refractivity contribution is 0.874. The Balaban J connectivity index is 2.62. The van der Waals surface area contributed by atoms with E-state index in [0.717, 1.165) is 0 Å². The Morgan fingerprint density at radius 1 is 1.55 bits per heavy atom. The van der Waals surface area contributed by atoms with E-state index in [1.165, 1.54) is 4.68 Å². The quantitative estimate of drug-likeness (QED) is 0.595. The molecule has 0 radical (unpaired) electrons. The lowest BCUT2D eigenvalue weighted by atomic mass is 10.6. The number of hydrogen-bond acceptors (Lipinski definition) is 2. The van der Waals surface area contributed by atoms with Gasteiger partial charge in [0, 0.05) is 18.6 Å². The van der Waals surface area contributed by atoms with Crippen molar-refractivity contribution in [2.45, 2.75) is 0 Å². The predicted octanol–water partition coefficient (Wildman–Crippen LogP) is -0.111. The molecule has 0 aromatic carbocycles. The van der Waals surface area contributed by atoms with E-state index in [-0.39, 0.29) is 5.56 Å². The molecule has 5 heteroatoms. The molecule has 0 saturated heterocycles. The lowest BCUT2D eigenvalue weighted by Crippen LogP contribution is -2.08. The van der Waals surface area contributed by atoms with Crippen molar-refractivity contribution in [1.82, 2.24) is 20.0 Å². The number of nitrogens with zero attached hydrogens (tertiary/aromatic N) is 2. The van der Waals surface area contributed by atoms with Gasteiger partial charge in [-0.05, 0) is 6.07 Å². The third-order valence-corrected chi connectivity index (χ3v) is 1.38. The zero-order chi connectivity index (χ0) is 7.68. The lowest BCUT2D eigenvalue weighted by Gasteiger charge is -1.89. The fourth-order valence-electron chi connectivity index (χ4n) is 0.881. The minimum Gasteiger partial charge on any atom is -0.303 e. The van der Waals surface area contributed by atoms with Crippen LogP contribution in [0, 0.1) is 0 Å². The molecule has 0 aliphatic heterocycles. The first-order valence-corrected chi connectivity index (χ1v) is 3.14. The van der Waals surface area contributed by atoms with Crippen molar-refractivity contribution < 1.29 is 0 Å². The number of rotatable bonds is 1. The molecule has 0 atom stereocenters. The monoisotopic (exact) mass is 150 g/mol. The zero-order valence-electron chi connectivity index (χ0n) is 5.61. The molecule has 0 aliphatic carbocycles. The summed E-state index contributed by atoms with van der Waals surface area (Å²) >= 11 is 0. The average molecular weight is 150 g/mol. The number of hydrogen-bond donors (Lipinski definition) is 2. The van der Waals surface area contributed by atoms with E-state index < -0.39 is 0 Å². The molecule has 56 valence electrons. The predicted molar refractivity (Wildman–Crippen MR) is 38.5 cm³/mol. The number of aromatic nitrogens is 4. The first-order chi connectivity index (χ1) is 5.38. The van der Waals surface area contributed by atoms with Gasteiger partial charge in [-0.1, -0.05) is 0 Å². The summed E-state index contributed by atoms with van der Waals surface area (Å²) in [4.78, 5) is 11.0. The van der Waals surface area contributed by atoms with Crippen LogP contribution >= 0.6 is 0 Å². The summed E-state index contributed by atoms with van der Waals surface area (Å²) in [5.74, 6) is 0. The van der Waals surface area contributed by atoms with Gasteiger partial charge in [-0.3, -0.25) is 9.89 Å². The van der Waals surface area contributed by atoms with Crippen LogP contribution in [0.1, 0.15) is 0 Å². The van der Waals surface area contributed by atoms with Gasteiger partial charge in [-0.15, -0.1) is 0 Å². The van der Waals surface area contributed by atoms with E-state index >= 15 is 0 Å². The third kappa shape index (κ3) is 0.861. The van der Waals surface area contributed by atoms with Crippen LogP contribution in [-0.2, 0) is 0 Å². The summed E-state index contributed by atoms with van der Waals surface area (Å²) in [7, 11) is 0. The topological polar surface area (TPSA) is 66.5 Å². The Morgan fingerprint density at radius 3 is 3.00 bits per heavy atom. The molecule has 0 fully saturated rings. The Labute approximate surface area is 61.7 Å². The maximum Gasteiger partial charge on any atom is 0.289 e. The first-order valence-electron chi connectivity index (χ1n) is 3.14. The normalized spacial score (nSPS) is 10.2. The largest absolute Gasteiger partial charge is 0.303 e. The molecule has 2 aromatic rings. The maximum absolute atomic E-state index is 11.0. The molecule has 2 aromatic heterocycles. The van der Waals surface area contributed by atoms with E-state index in [0.29, 0.717) is 5.69 Å². The Morgan fingerprint density at radius 2 is 2.45 bits per heavy atom. The SMILES string of the molecule is O=c1[nH][nH]cc1-n1cccn1. The number of nitrogens with one attached hydrogen (secondary N) is 2. The van der Waals surface area contributed by atoms with Gasteiger partial charge in [0.2, 0.25) is 0 Å². The fourth-order valence-corrected chi connectivity index (χ4v) is 0.881. The van der Waals surface area contributed by atoms with Crippen LogP contribution in [-0.4, -0.2) is 20.0 Å². The smallest absolute Gasteiger partial charge is 0.289 e. The number of H-pyrrole nitrogens is 2. The average Bonchev–Trinajstić information content (AvgIpc) is 2.55. The molecular formula is C6H6N4O. The summed E-state index contributed by atoms with van der Waals surface area (Å²) in [5.41, 5.74) is 0.323. The van der Waals surface area contributed by atoms with Crippen molar-refractivity contribution in [3.63, 3.8) is 0 Å². The fraction of sp³-hybridized carbons (Fsp3) is 0. The summed E-state index contributed by atoms with van der Waals surface area (Å²) in [6, 6.07) is 1.76. The van der Waals surface area contributed by atoms with Crippen LogP contribution in [0.2, 0.25) is 0 Å². The van der Waals surface area contributed by atoms with Crippen LogP contribution in [0.25, 0.3) is 5.69 Å². The third-order valence-electron chi connectivity index (χ3n) is 1.38. The van der Waals surface area contributed by atoms with Gasteiger partial charge in [0.25, 0.3) is 5.56 Å². The molecule has 5 nitrogen and oxygen atoms in total. The molecule has 2 rings (SSSR count). The van der Waals surface area contributed by atoms with Crippen LogP contribution in [0.15, 0.2) is 29.5 Å². The van der Waals surface area contributed by atoms with Gasteiger partial charge in [-0.2, -0.15) is 5.10 Å². The van der Waals surface area contributed by atoms with Crippen LogP contribution in [0.4, 0.5) is 0 Å². The molecule has 0 unspecified atom stereocenters. The van der Waals surface area contributed by atoms with Gasteiger partial charge in [0.15, 0.2) is 0 Å². The molecular weight excluding hydrogens is 144 g/mol. The molecule has 2 N–H and O–H groups in total. The molecule has 11 heavy (non-hydrogen) atoms.